The number of carboxylic acid groups (broad SMARTS) is 2. The van der Waals surface area contributed by atoms with Crippen LogP contribution in [-0.2, 0) is 40.7 Å². The molecule has 2 aromatic rings. The third-order valence-corrected chi connectivity index (χ3v) is 13.0. The van der Waals surface area contributed by atoms with Gasteiger partial charge in [0.05, 0.1) is 29.3 Å². The first-order chi connectivity index (χ1) is 29.7. The van der Waals surface area contributed by atoms with E-state index in [1.54, 1.807) is 0 Å². The lowest BCUT2D eigenvalue weighted by Gasteiger charge is -2.33. The molecule has 1 aliphatic rings. The van der Waals surface area contributed by atoms with Crippen LogP contribution in [0.5, 0.6) is 0 Å². The van der Waals surface area contributed by atoms with E-state index in [-0.39, 0.29) is 108 Å². The predicted octanol–water partition coefficient (Wildman–Crippen LogP) is 8.43. The third kappa shape index (κ3) is 13.6. The number of quaternary nitrogens is 1. The number of benzene rings is 2. The lowest BCUT2D eigenvalue weighted by atomic mass is 9.71. The molecule has 0 spiro atoms. The van der Waals surface area contributed by atoms with Crippen molar-refractivity contribution in [2.75, 3.05) is 29.5 Å². The Bertz CT molecular complexity index is 2360. The summed E-state index contributed by atoms with van der Waals surface area (Å²) in [5.41, 5.74) is -6.59. The van der Waals surface area contributed by atoms with Gasteiger partial charge in [-0.3, -0.25) is 18.7 Å². The summed E-state index contributed by atoms with van der Waals surface area (Å²) in [6.07, 6.45) is 3.27. The monoisotopic (exact) mass is 961 g/mol. The Kier molecular flexibility index (Phi) is 19.1. The molecule has 358 valence electrons. The third-order valence-electron chi connectivity index (χ3n) is 11.4. The normalized spacial score (nSPS) is 17.1. The lowest BCUT2D eigenvalue weighted by molar-refractivity contribution is -0.574. The topological polar surface area (TPSA) is 203 Å². The smallest absolute Gasteiger partial charge is 0.303 e. The van der Waals surface area contributed by atoms with Crippen molar-refractivity contribution in [3.05, 3.63) is 93.7 Å². The van der Waals surface area contributed by atoms with E-state index in [0.29, 0.717) is 6.42 Å². The van der Waals surface area contributed by atoms with E-state index in [4.69, 9.17) is 10.2 Å². The van der Waals surface area contributed by atoms with Crippen LogP contribution in [0, 0.1) is 46.5 Å². The second-order valence-corrected chi connectivity index (χ2v) is 19.3. The van der Waals surface area contributed by atoms with Crippen LogP contribution in [0.15, 0.2) is 36.1 Å². The quantitative estimate of drug-likeness (QED) is 0.0109. The maximum Gasteiger partial charge on any atom is 0.303 e. The Morgan fingerprint density at radius 3 is 1.78 bits per heavy atom. The molecule has 0 radical (unpaired) electrons. The number of nitrogens with zero attached hydrogens (tertiary/aromatic N) is 1. The number of unbranched alkanes of at least 4 members (excludes halogenated alkanes) is 6. The minimum Gasteiger partial charge on any atom is -0.481 e. The van der Waals surface area contributed by atoms with Crippen LogP contribution >= 0.6 is 0 Å². The number of hydrogen-bond donors (Lipinski definition) is 5. The second-order valence-electron chi connectivity index (χ2n) is 16.2. The Morgan fingerprint density at radius 2 is 1.22 bits per heavy atom. The highest BCUT2D eigenvalue weighted by Crippen LogP contribution is 2.54. The Morgan fingerprint density at radius 1 is 0.703 bits per heavy atom. The Balaban J connectivity index is 2.24. The number of halogens is 8. The maximum atomic E-state index is 16.1. The highest BCUT2D eigenvalue weighted by Gasteiger charge is 2.49. The summed E-state index contributed by atoms with van der Waals surface area (Å²) < 4.78 is 188. The van der Waals surface area contributed by atoms with Gasteiger partial charge in [0.1, 0.15) is 0 Å². The Hall–Kier alpha value is -4.38. The molecule has 3 rings (SSSR count). The van der Waals surface area contributed by atoms with Crippen molar-refractivity contribution in [2.24, 2.45) is 0 Å². The summed E-state index contributed by atoms with van der Waals surface area (Å²) >= 11 is 0. The first-order valence-electron chi connectivity index (χ1n) is 20.4. The molecule has 0 bridgehead atoms. The highest BCUT2D eigenvalue weighted by atomic mass is 32.2. The van der Waals surface area contributed by atoms with Gasteiger partial charge in [0, 0.05) is 41.5 Å². The molecule has 12 nitrogen and oxygen atoms in total. The number of allylic oxidation sites excluding steroid dienone is 5. The molecule has 2 unspecified atom stereocenters. The molecule has 0 saturated carbocycles. The molecular formula is C42H53F8N2O10S2+. The van der Waals surface area contributed by atoms with Gasteiger partial charge in [0.2, 0.25) is 11.6 Å². The number of anilines is 1. The van der Waals surface area contributed by atoms with E-state index in [1.807, 2.05) is 0 Å². The van der Waals surface area contributed by atoms with Gasteiger partial charge in [-0.25, -0.2) is 30.7 Å². The van der Waals surface area contributed by atoms with Gasteiger partial charge in [-0.15, -0.1) is 0 Å². The Labute approximate surface area is 366 Å². The summed E-state index contributed by atoms with van der Waals surface area (Å²) in [7, 11) is -8.96. The summed E-state index contributed by atoms with van der Waals surface area (Å²) in [5.74, 6) is -19.3. The molecule has 6 N–H and O–H groups in total. The fourth-order valence-electron chi connectivity index (χ4n) is 8.04. The average molecular weight is 962 g/mol. The van der Waals surface area contributed by atoms with Crippen LogP contribution < -0.4 is 10.2 Å². The molecule has 22 heteroatoms. The van der Waals surface area contributed by atoms with E-state index < -0.39 is 124 Å². The molecule has 1 heterocycles. The molecule has 2 atom stereocenters. The van der Waals surface area contributed by atoms with Gasteiger partial charge in [0.25, 0.3) is 20.2 Å². The number of nitrogens with two attached hydrogens (primary N) is 1. The number of carbonyl (C=O) groups is 2. The molecule has 0 aromatic heterocycles. The van der Waals surface area contributed by atoms with E-state index in [1.165, 1.54) is 32.1 Å². The summed E-state index contributed by atoms with van der Waals surface area (Å²) in [6, 6.07) is 0. The van der Waals surface area contributed by atoms with Gasteiger partial charge in [-0.1, -0.05) is 44.9 Å². The zero-order valence-corrected chi connectivity index (χ0v) is 36.9. The number of rotatable bonds is 27. The van der Waals surface area contributed by atoms with Crippen molar-refractivity contribution in [1.29, 1.82) is 0 Å². The standard InChI is InChI=1S/C42H52F8N2O10S2/c1-25(41(2,19-8-12-23-63(57,58)59)29-31(43)33(45)35(47)37(49)39(29)51-21-10-4-6-17-27(53)54)15-14-16-26-42(3,20-9-13-24-64(60,61)62)30-32(44)34(46)36(48)38(50)40(30)52(26)22-11-5-7-18-28(55)56/h14-16,51H,1,4-13,17-24H2,2-3H3,(H,53,54)(H,55,56)(H,57,58,59)(H,60,61,62)/p+1. The number of hydrogen-bond acceptors (Lipinski definition) is 7. The summed E-state index contributed by atoms with van der Waals surface area (Å²) in [4.78, 5) is 23.2. The van der Waals surface area contributed by atoms with Crippen molar-refractivity contribution in [3.63, 3.8) is 0 Å². The number of fused-ring (bicyclic) bond motifs is 1. The first kappa shape index (κ1) is 54.0. The lowest BCUT2D eigenvalue weighted by Crippen LogP contribution is -2.79. The average Bonchev–Trinajstić information content (AvgIpc) is 3.44. The number of aliphatic carboxylic acids is 2. The van der Waals surface area contributed by atoms with Gasteiger partial charge < -0.3 is 20.4 Å². The van der Waals surface area contributed by atoms with Gasteiger partial charge in [0.15, 0.2) is 40.6 Å². The summed E-state index contributed by atoms with van der Waals surface area (Å²) in [6.45, 7) is 6.36. The van der Waals surface area contributed by atoms with E-state index >= 15 is 22.0 Å². The molecule has 0 aliphatic carbocycles. The predicted molar refractivity (Wildman–Crippen MR) is 220 cm³/mol. The molecule has 0 saturated heterocycles. The zero-order chi connectivity index (χ0) is 48.4. The molecule has 2 aromatic carbocycles. The maximum absolute atomic E-state index is 16.1. The van der Waals surface area contributed by atoms with Crippen LogP contribution in [0.2, 0.25) is 0 Å². The fraction of sp³-hybridized carbons (Fsp3) is 0.524. The van der Waals surface area contributed by atoms with Gasteiger partial charge in [-0.2, -0.15) is 21.2 Å². The fourth-order valence-corrected chi connectivity index (χ4v) is 9.18. The second kappa shape index (κ2) is 22.7. The molecule has 0 amide bonds. The summed E-state index contributed by atoms with van der Waals surface area (Å²) in [5, 5.41) is 19.1. The minimum atomic E-state index is -4.50. The van der Waals surface area contributed by atoms with Gasteiger partial charge in [-0.05, 0) is 76.4 Å². The van der Waals surface area contributed by atoms with Crippen LogP contribution in [-0.4, -0.2) is 72.7 Å². The minimum absolute atomic E-state index is 0.0173. The first-order valence-corrected chi connectivity index (χ1v) is 23.7. The SMILES string of the molecule is C=C(C=CC=C1N(CCCCCC(=O)O)c2c(F)c(F)c(F)c(F)c2C1(C)CCCCS(=O)(=O)O)C(C)(CCCCS(=O)(=O)O)c1c(F)c(F)c(F)c(F)c1[NH2+]CCCCCC(=O)O. The van der Waals surface area contributed by atoms with Crippen molar-refractivity contribution in [1.82, 2.24) is 0 Å². The molecular weight excluding hydrogens is 909 g/mol. The van der Waals surface area contributed by atoms with Crippen LogP contribution in [0.25, 0.3) is 0 Å². The van der Waals surface area contributed by atoms with Crippen LogP contribution in [0.3, 0.4) is 0 Å². The molecule has 0 fully saturated rings. The van der Waals surface area contributed by atoms with E-state index in [0.717, 1.165) is 10.2 Å². The number of carboxylic acids is 2. The van der Waals surface area contributed by atoms with Gasteiger partial charge >= 0.3 is 11.9 Å². The van der Waals surface area contributed by atoms with Crippen molar-refractivity contribution >= 4 is 43.5 Å². The zero-order valence-electron chi connectivity index (χ0n) is 35.3. The van der Waals surface area contributed by atoms with E-state index in [9.17, 15) is 48.7 Å². The largest absolute Gasteiger partial charge is 0.481 e. The molecule has 64 heavy (non-hydrogen) atoms. The van der Waals surface area contributed by atoms with Crippen molar-refractivity contribution in [3.8, 4) is 0 Å². The highest BCUT2D eigenvalue weighted by molar-refractivity contribution is 7.86. The van der Waals surface area contributed by atoms with Crippen LogP contribution in [0.4, 0.5) is 46.5 Å². The van der Waals surface area contributed by atoms with Crippen molar-refractivity contribution < 1.29 is 86.2 Å². The van der Waals surface area contributed by atoms with E-state index in [2.05, 4.69) is 6.58 Å². The molecule has 1 aliphatic heterocycles. The van der Waals surface area contributed by atoms with Crippen LogP contribution in [0.1, 0.15) is 115 Å². The van der Waals surface area contributed by atoms with Crippen molar-refractivity contribution in [2.45, 2.75) is 115 Å².